The molecule has 0 saturated carbocycles. The Labute approximate surface area is 112 Å². The number of fused-ring (bicyclic) bond motifs is 1. The van der Waals surface area contributed by atoms with Gasteiger partial charge in [-0.1, -0.05) is 19.1 Å². The van der Waals surface area contributed by atoms with E-state index in [2.05, 4.69) is 4.98 Å². The van der Waals surface area contributed by atoms with Gasteiger partial charge < -0.3 is 9.84 Å². The Morgan fingerprint density at radius 3 is 2.74 bits per heavy atom. The lowest BCUT2D eigenvalue weighted by Gasteiger charge is -2.11. The zero-order valence-electron chi connectivity index (χ0n) is 11.3. The van der Waals surface area contributed by atoms with E-state index >= 15 is 0 Å². The molecule has 1 unspecified atom stereocenters. The van der Waals surface area contributed by atoms with Crippen molar-refractivity contribution in [1.29, 1.82) is 0 Å². The van der Waals surface area contributed by atoms with Crippen LogP contribution in [0.15, 0.2) is 24.3 Å². The number of carbonyl (C=O) groups is 1. The molecular formula is C15H17NO3. The zero-order chi connectivity index (χ0) is 14.0. The quantitative estimate of drug-likeness (QED) is 0.917. The number of benzene rings is 1. The number of aromatic nitrogens is 1. The van der Waals surface area contributed by atoms with E-state index in [-0.39, 0.29) is 0 Å². The Hall–Kier alpha value is -2.10. The van der Waals surface area contributed by atoms with Crippen LogP contribution in [0.1, 0.15) is 31.0 Å². The van der Waals surface area contributed by atoms with Gasteiger partial charge in [-0.15, -0.1) is 0 Å². The van der Waals surface area contributed by atoms with Crippen LogP contribution in [0.4, 0.5) is 0 Å². The van der Waals surface area contributed by atoms with E-state index in [1.165, 1.54) is 0 Å². The molecule has 0 aliphatic heterocycles. The van der Waals surface area contributed by atoms with Gasteiger partial charge in [0.1, 0.15) is 0 Å². The van der Waals surface area contributed by atoms with Crippen molar-refractivity contribution >= 4 is 16.7 Å². The second-order valence-corrected chi connectivity index (χ2v) is 4.51. The number of rotatable bonds is 4. The molecule has 0 aliphatic rings. The lowest BCUT2D eigenvalue weighted by molar-refractivity contribution is -0.138. The summed E-state index contributed by atoms with van der Waals surface area (Å²) in [5.41, 5.74) is 1.72. The molecular weight excluding hydrogens is 242 g/mol. The van der Waals surface area contributed by atoms with Crippen LogP contribution in [-0.2, 0) is 11.2 Å². The third-order valence-corrected chi connectivity index (χ3v) is 3.33. The van der Waals surface area contributed by atoms with Crippen LogP contribution < -0.4 is 4.74 Å². The first kappa shape index (κ1) is 13.3. The second kappa shape index (κ2) is 5.26. The molecule has 19 heavy (non-hydrogen) atoms. The summed E-state index contributed by atoms with van der Waals surface area (Å²) in [6.07, 6.45) is 0.776. The zero-order valence-corrected chi connectivity index (χ0v) is 11.3. The molecule has 0 bridgehead atoms. The third-order valence-electron chi connectivity index (χ3n) is 3.33. The fourth-order valence-corrected chi connectivity index (χ4v) is 2.09. The van der Waals surface area contributed by atoms with E-state index < -0.39 is 11.9 Å². The number of hydrogen-bond acceptors (Lipinski definition) is 3. The van der Waals surface area contributed by atoms with Crippen molar-refractivity contribution in [2.75, 3.05) is 7.11 Å². The Morgan fingerprint density at radius 1 is 1.42 bits per heavy atom. The van der Waals surface area contributed by atoms with Gasteiger partial charge in [0.2, 0.25) is 5.88 Å². The van der Waals surface area contributed by atoms with Crippen molar-refractivity contribution in [3.05, 3.63) is 35.5 Å². The minimum atomic E-state index is -0.820. The van der Waals surface area contributed by atoms with Gasteiger partial charge >= 0.3 is 5.97 Å². The maximum atomic E-state index is 11.1. The monoisotopic (exact) mass is 259 g/mol. The summed E-state index contributed by atoms with van der Waals surface area (Å²) in [6, 6.07) is 7.55. The standard InChI is InChI=1S/C15H17NO3/c1-4-13-12-7-10(9(2)15(17)18)5-6-11(12)8-14(16-13)19-3/h5-9H,4H2,1-3H3,(H,17,18). The number of pyridine rings is 1. The summed E-state index contributed by atoms with van der Waals surface area (Å²) in [5.74, 6) is -0.751. The number of aryl methyl sites for hydroxylation is 1. The molecule has 2 aromatic rings. The van der Waals surface area contributed by atoms with Crippen LogP contribution in [0.2, 0.25) is 0 Å². The average molecular weight is 259 g/mol. The Balaban J connectivity index is 2.62. The molecule has 1 N–H and O–H groups in total. The van der Waals surface area contributed by atoms with Crippen molar-refractivity contribution < 1.29 is 14.6 Å². The van der Waals surface area contributed by atoms with E-state index in [0.717, 1.165) is 28.5 Å². The lowest BCUT2D eigenvalue weighted by Crippen LogP contribution is -2.07. The predicted molar refractivity (Wildman–Crippen MR) is 73.7 cm³/mol. The molecule has 0 saturated heterocycles. The van der Waals surface area contributed by atoms with Crippen molar-refractivity contribution in [3.63, 3.8) is 0 Å². The van der Waals surface area contributed by atoms with E-state index in [1.807, 2.05) is 31.2 Å². The van der Waals surface area contributed by atoms with E-state index in [4.69, 9.17) is 9.84 Å². The molecule has 1 heterocycles. The molecule has 0 aliphatic carbocycles. The Kier molecular flexibility index (Phi) is 3.69. The summed E-state index contributed by atoms with van der Waals surface area (Å²) in [6.45, 7) is 3.71. The normalized spacial score (nSPS) is 12.4. The highest BCUT2D eigenvalue weighted by Gasteiger charge is 2.15. The number of methoxy groups -OCH3 is 1. The topological polar surface area (TPSA) is 59.4 Å². The molecule has 2 rings (SSSR count). The lowest BCUT2D eigenvalue weighted by atomic mass is 9.97. The third kappa shape index (κ3) is 2.52. The van der Waals surface area contributed by atoms with Gasteiger partial charge in [0.15, 0.2) is 0 Å². The summed E-state index contributed by atoms with van der Waals surface area (Å²) >= 11 is 0. The van der Waals surface area contributed by atoms with Gasteiger partial charge in [-0.05, 0) is 30.4 Å². The summed E-state index contributed by atoms with van der Waals surface area (Å²) < 4.78 is 5.18. The number of carboxylic acids is 1. The molecule has 1 aromatic carbocycles. The Morgan fingerprint density at radius 2 is 2.16 bits per heavy atom. The first-order valence-electron chi connectivity index (χ1n) is 6.27. The maximum Gasteiger partial charge on any atom is 0.310 e. The molecule has 0 spiro atoms. The van der Waals surface area contributed by atoms with Crippen LogP contribution >= 0.6 is 0 Å². The Bertz CT molecular complexity index is 622. The van der Waals surface area contributed by atoms with Gasteiger partial charge in [-0.2, -0.15) is 0 Å². The van der Waals surface area contributed by atoms with Crippen LogP contribution in [0.5, 0.6) is 5.88 Å². The molecule has 1 atom stereocenters. The fraction of sp³-hybridized carbons (Fsp3) is 0.333. The molecule has 100 valence electrons. The molecule has 0 fully saturated rings. The van der Waals surface area contributed by atoms with Crippen molar-refractivity contribution in [3.8, 4) is 5.88 Å². The molecule has 4 heteroatoms. The first-order valence-corrected chi connectivity index (χ1v) is 6.27. The SMILES string of the molecule is CCc1nc(OC)cc2ccc(C(C)C(=O)O)cc12. The molecule has 1 aromatic heterocycles. The number of carboxylic acid groups (broad SMARTS) is 1. The van der Waals surface area contributed by atoms with E-state index in [0.29, 0.717) is 5.88 Å². The van der Waals surface area contributed by atoms with Gasteiger partial charge in [0.05, 0.1) is 18.7 Å². The summed E-state index contributed by atoms with van der Waals surface area (Å²) in [4.78, 5) is 15.5. The maximum absolute atomic E-state index is 11.1. The van der Waals surface area contributed by atoms with E-state index in [1.54, 1.807) is 14.0 Å². The van der Waals surface area contributed by atoms with Gasteiger partial charge in [-0.25, -0.2) is 4.98 Å². The highest BCUT2D eigenvalue weighted by Crippen LogP contribution is 2.26. The van der Waals surface area contributed by atoms with Crippen LogP contribution in [0.3, 0.4) is 0 Å². The largest absolute Gasteiger partial charge is 0.481 e. The number of ether oxygens (including phenoxy) is 1. The van der Waals surface area contributed by atoms with E-state index in [9.17, 15) is 4.79 Å². The molecule has 4 nitrogen and oxygen atoms in total. The van der Waals surface area contributed by atoms with Crippen molar-refractivity contribution in [2.24, 2.45) is 0 Å². The number of hydrogen-bond donors (Lipinski definition) is 1. The smallest absolute Gasteiger partial charge is 0.310 e. The molecule has 0 amide bonds. The van der Waals surface area contributed by atoms with Crippen molar-refractivity contribution in [2.45, 2.75) is 26.2 Å². The first-order chi connectivity index (χ1) is 9.06. The van der Waals surface area contributed by atoms with Gasteiger partial charge in [0, 0.05) is 11.5 Å². The predicted octanol–water partition coefficient (Wildman–Crippen LogP) is 2.99. The summed E-state index contributed by atoms with van der Waals surface area (Å²) in [7, 11) is 1.59. The molecule has 0 radical (unpaired) electrons. The van der Waals surface area contributed by atoms with Crippen molar-refractivity contribution in [1.82, 2.24) is 4.98 Å². The highest BCUT2D eigenvalue weighted by molar-refractivity contribution is 5.87. The highest BCUT2D eigenvalue weighted by atomic mass is 16.5. The number of aliphatic carboxylic acids is 1. The fourth-order valence-electron chi connectivity index (χ4n) is 2.09. The minimum Gasteiger partial charge on any atom is -0.481 e. The second-order valence-electron chi connectivity index (χ2n) is 4.51. The summed E-state index contributed by atoms with van der Waals surface area (Å²) in [5, 5.41) is 11.1. The minimum absolute atomic E-state index is 0.517. The van der Waals surface area contributed by atoms with Crippen LogP contribution in [0.25, 0.3) is 10.8 Å². The van der Waals surface area contributed by atoms with Gasteiger partial charge in [-0.3, -0.25) is 4.79 Å². The van der Waals surface area contributed by atoms with Crippen LogP contribution in [-0.4, -0.2) is 23.2 Å². The average Bonchev–Trinajstić information content (AvgIpc) is 2.44. The number of nitrogens with zero attached hydrogens (tertiary/aromatic N) is 1. The van der Waals surface area contributed by atoms with Crippen LogP contribution in [0, 0.1) is 0 Å². The van der Waals surface area contributed by atoms with Gasteiger partial charge in [0.25, 0.3) is 0 Å².